The van der Waals surface area contributed by atoms with Crippen LogP contribution in [0.2, 0.25) is 0 Å². The van der Waals surface area contributed by atoms with Crippen molar-refractivity contribution in [3.8, 4) is 0 Å². The van der Waals surface area contributed by atoms with Gasteiger partial charge in [0.1, 0.15) is 11.6 Å². The van der Waals surface area contributed by atoms with Crippen molar-refractivity contribution in [1.29, 1.82) is 0 Å². The molecule has 3 N–H and O–H groups in total. The molecule has 0 atom stereocenters. The summed E-state index contributed by atoms with van der Waals surface area (Å²) in [5, 5.41) is 9.42. The zero-order valence-electron chi connectivity index (χ0n) is 10.6. The molecule has 0 unspecified atom stereocenters. The predicted molar refractivity (Wildman–Crippen MR) is 78.9 cm³/mol. The zero-order valence-corrected chi connectivity index (χ0v) is 10.6. The highest BCUT2D eigenvalue weighted by atomic mass is 16.3. The van der Waals surface area contributed by atoms with Crippen LogP contribution in [-0.4, -0.2) is 10.9 Å². The van der Waals surface area contributed by atoms with Crippen LogP contribution in [0.5, 0.6) is 0 Å². The normalized spacial score (nSPS) is 15.8. The van der Waals surface area contributed by atoms with Gasteiger partial charge in [-0.05, 0) is 18.1 Å². The van der Waals surface area contributed by atoms with E-state index in [9.17, 15) is 5.11 Å². The summed E-state index contributed by atoms with van der Waals surface area (Å²) in [7, 11) is 0. The van der Waals surface area contributed by atoms with Crippen LogP contribution in [0.15, 0.2) is 83.2 Å². The second-order valence-electron chi connectivity index (χ2n) is 4.31. The summed E-state index contributed by atoms with van der Waals surface area (Å²) in [4.78, 5) is 4.38. The number of aliphatic hydroxyl groups is 1. The molecule has 0 heterocycles. The molecule has 1 aromatic rings. The molecule has 0 amide bonds. The van der Waals surface area contributed by atoms with E-state index in [2.05, 4.69) is 18.2 Å². The molecule has 1 aromatic carbocycles. The van der Waals surface area contributed by atoms with Gasteiger partial charge in [-0.1, -0.05) is 49.6 Å². The lowest BCUT2D eigenvalue weighted by Crippen LogP contribution is -2.14. The van der Waals surface area contributed by atoms with Crippen LogP contribution in [-0.2, 0) is 0 Å². The summed E-state index contributed by atoms with van der Waals surface area (Å²) in [6.07, 6.45) is 4.23. The summed E-state index contributed by atoms with van der Waals surface area (Å²) >= 11 is 0. The number of nitrogens with two attached hydrogens (primary N) is 1. The molecule has 0 saturated heterocycles. The van der Waals surface area contributed by atoms with Crippen molar-refractivity contribution in [2.24, 2.45) is 10.7 Å². The van der Waals surface area contributed by atoms with Gasteiger partial charge in [-0.2, -0.15) is 0 Å². The molecular weight excluding hydrogens is 236 g/mol. The first-order valence-electron chi connectivity index (χ1n) is 5.96. The fourth-order valence-corrected chi connectivity index (χ4v) is 1.76. The van der Waals surface area contributed by atoms with E-state index in [0.717, 1.165) is 11.1 Å². The van der Waals surface area contributed by atoms with Crippen molar-refractivity contribution in [2.45, 2.75) is 6.42 Å². The Labute approximate surface area is 112 Å². The third-order valence-corrected chi connectivity index (χ3v) is 2.87. The van der Waals surface area contributed by atoms with Crippen LogP contribution in [0.1, 0.15) is 12.0 Å². The summed E-state index contributed by atoms with van der Waals surface area (Å²) in [5.41, 5.74) is 9.03. The molecule has 0 saturated carbocycles. The SMILES string of the molecule is C=C(O)C1=CCC(=C)C(N=C(N)c2ccccc2)=C1. The van der Waals surface area contributed by atoms with Crippen LogP contribution in [0.25, 0.3) is 0 Å². The second-order valence-corrected chi connectivity index (χ2v) is 4.31. The van der Waals surface area contributed by atoms with Crippen molar-refractivity contribution in [3.63, 3.8) is 0 Å². The largest absolute Gasteiger partial charge is 0.508 e. The first-order chi connectivity index (χ1) is 9.08. The molecular formula is C16H16N2O. The molecule has 0 spiro atoms. The molecule has 0 aliphatic heterocycles. The Hall–Kier alpha value is -2.55. The number of hydrogen-bond donors (Lipinski definition) is 2. The average Bonchev–Trinajstić information content (AvgIpc) is 2.42. The number of hydrogen-bond acceptors (Lipinski definition) is 2. The van der Waals surface area contributed by atoms with Gasteiger partial charge in [0.2, 0.25) is 0 Å². The number of benzene rings is 1. The van der Waals surface area contributed by atoms with Crippen molar-refractivity contribution < 1.29 is 5.11 Å². The van der Waals surface area contributed by atoms with E-state index in [0.29, 0.717) is 23.5 Å². The van der Waals surface area contributed by atoms with Gasteiger partial charge in [-0.25, -0.2) is 4.99 Å². The Balaban J connectivity index is 2.33. The molecule has 2 rings (SSSR count). The van der Waals surface area contributed by atoms with Crippen LogP contribution in [0.4, 0.5) is 0 Å². The minimum absolute atomic E-state index is 0.0264. The van der Waals surface area contributed by atoms with Gasteiger partial charge >= 0.3 is 0 Å². The number of aliphatic imine (C=N–C) groups is 1. The minimum atomic E-state index is 0.0264. The van der Waals surface area contributed by atoms with Crippen molar-refractivity contribution in [3.05, 3.63) is 83.8 Å². The molecule has 0 fully saturated rings. The highest BCUT2D eigenvalue weighted by Gasteiger charge is 2.11. The fraction of sp³-hybridized carbons (Fsp3) is 0.0625. The van der Waals surface area contributed by atoms with Gasteiger partial charge in [0, 0.05) is 11.1 Å². The number of rotatable bonds is 3. The van der Waals surface area contributed by atoms with E-state index in [4.69, 9.17) is 5.73 Å². The Morgan fingerprint density at radius 3 is 2.58 bits per heavy atom. The Kier molecular flexibility index (Phi) is 3.66. The monoisotopic (exact) mass is 252 g/mol. The number of aliphatic hydroxyl groups excluding tert-OH is 1. The molecule has 1 aliphatic rings. The highest BCUT2D eigenvalue weighted by Crippen LogP contribution is 2.25. The maximum Gasteiger partial charge on any atom is 0.131 e. The van der Waals surface area contributed by atoms with Gasteiger partial charge in [0.25, 0.3) is 0 Å². The molecule has 0 aromatic heterocycles. The lowest BCUT2D eigenvalue weighted by atomic mass is 9.99. The minimum Gasteiger partial charge on any atom is -0.508 e. The molecule has 19 heavy (non-hydrogen) atoms. The Bertz CT molecular complexity index is 607. The summed E-state index contributed by atoms with van der Waals surface area (Å²) in [6, 6.07) is 9.52. The average molecular weight is 252 g/mol. The summed E-state index contributed by atoms with van der Waals surface area (Å²) in [5.74, 6) is 0.455. The van der Waals surface area contributed by atoms with Crippen LogP contribution >= 0.6 is 0 Å². The van der Waals surface area contributed by atoms with Crippen LogP contribution in [0.3, 0.4) is 0 Å². The predicted octanol–water partition coefficient (Wildman–Crippen LogP) is 3.23. The fourth-order valence-electron chi connectivity index (χ4n) is 1.76. The van der Waals surface area contributed by atoms with Gasteiger partial charge in [0.05, 0.1) is 5.70 Å². The van der Waals surface area contributed by atoms with Crippen LogP contribution in [0, 0.1) is 0 Å². The quantitative estimate of drug-likeness (QED) is 0.493. The Morgan fingerprint density at radius 2 is 1.95 bits per heavy atom. The van der Waals surface area contributed by atoms with E-state index in [1.165, 1.54) is 0 Å². The van der Waals surface area contributed by atoms with Gasteiger partial charge in [0.15, 0.2) is 0 Å². The topological polar surface area (TPSA) is 58.6 Å². The zero-order chi connectivity index (χ0) is 13.8. The van der Waals surface area contributed by atoms with E-state index in [1.807, 2.05) is 36.4 Å². The maximum atomic E-state index is 9.42. The van der Waals surface area contributed by atoms with Crippen LogP contribution < -0.4 is 5.73 Å². The third-order valence-electron chi connectivity index (χ3n) is 2.87. The lowest BCUT2D eigenvalue weighted by molar-refractivity contribution is 0.428. The molecule has 3 heteroatoms. The van der Waals surface area contributed by atoms with E-state index in [-0.39, 0.29) is 5.76 Å². The standard InChI is InChI=1S/C16H16N2O/c1-11-8-9-14(12(2)19)10-15(11)18-16(17)13-6-4-3-5-7-13/h3-7,9-10,19H,1-2,8H2,(H2,17,18). The molecule has 0 radical (unpaired) electrons. The molecule has 1 aliphatic carbocycles. The first-order valence-corrected chi connectivity index (χ1v) is 5.96. The molecule has 0 bridgehead atoms. The maximum absolute atomic E-state index is 9.42. The third kappa shape index (κ3) is 3.01. The van der Waals surface area contributed by atoms with E-state index in [1.54, 1.807) is 6.08 Å². The molecule has 96 valence electrons. The van der Waals surface area contributed by atoms with Gasteiger partial charge in [-0.3, -0.25) is 0 Å². The van der Waals surface area contributed by atoms with E-state index >= 15 is 0 Å². The summed E-state index contributed by atoms with van der Waals surface area (Å²) < 4.78 is 0. The number of allylic oxidation sites excluding steroid dienone is 3. The first kappa shape index (κ1) is 12.9. The van der Waals surface area contributed by atoms with Gasteiger partial charge in [-0.15, -0.1) is 0 Å². The summed E-state index contributed by atoms with van der Waals surface area (Å²) in [6.45, 7) is 7.46. The second kappa shape index (κ2) is 5.40. The molecule has 3 nitrogen and oxygen atoms in total. The Morgan fingerprint density at radius 1 is 1.26 bits per heavy atom. The highest BCUT2D eigenvalue weighted by molar-refractivity contribution is 5.98. The smallest absolute Gasteiger partial charge is 0.131 e. The van der Waals surface area contributed by atoms with Crippen molar-refractivity contribution >= 4 is 5.84 Å². The van der Waals surface area contributed by atoms with E-state index < -0.39 is 0 Å². The lowest BCUT2D eigenvalue weighted by Gasteiger charge is -2.13. The van der Waals surface area contributed by atoms with Crippen molar-refractivity contribution in [1.82, 2.24) is 0 Å². The van der Waals surface area contributed by atoms with Gasteiger partial charge < -0.3 is 10.8 Å². The number of amidine groups is 1. The van der Waals surface area contributed by atoms with Crippen molar-refractivity contribution in [2.75, 3.05) is 0 Å². The number of nitrogens with zero attached hydrogens (tertiary/aromatic N) is 1.